The number of carbonyl (C=O) groups is 4. The molecule has 2 rings (SSSR count). The number of hydrogen-bond donors (Lipinski definition) is 5. The van der Waals surface area contributed by atoms with Crippen molar-refractivity contribution in [1.82, 2.24) is 25.9 Å². The molecule has 0 saturated heterocycles. The number of nitrogens with one attached hydrogen (secondary N) is 4. The third kappa shape index (κ3) is 9.26. The minimum Gasteiger partial charge on any atom is -0.348 e. The van der Waals surface area contributed by atoms with E-state index in [2.05, 4.69) is 25.9 Å². The maximum Gasteiger partial charge on any atom is 0.243 e. The first-order valence-electron chi connectivity index (χ1n) is 12.2. The van der Waals surface area contributed by atoms with E-state index in [9.17, 15) is 19.2 Å². The molecule has 0 aliphatic heterocycles. The van der Waals surface area contributed by atoms with Crippen LogP contribution in [0.5, 0.6) is 0 Å². The number of amides is 3. The summed E-state index contributed by atoms with van der Waals surface area (Å²) in [5, 5.41) is 8.22. The monoisotopic (exact) mass is 498 g/mol. The van der Waals surface area contributed by atoms with Gasteiger partial charge in [-0.05, 0) is 30.2 Å². The Kier molecular flexibility index (Phi) is 11.3. The molecule has 1 aromatic carbocycles. The van der Waals surface area contributed by atoms with Crippen molar-refractivity contribution < 1.29 is 19.2 Å². The van der Waals surface area contributed by atoms with Crippen LogP contribution in [0.15, 0.2) is 42.9 Å². The highest BCUT2D eigenvalue weighted by Crippen LogP contribution is 2.09. The summed E-state index contributed by atoms with van der Waals surface area (Å²) in [4.78, 5) is 57.6. The molecule has 0 spiro atoms. The Morgan fingerprint density at radius 3 is 2.14 bits per heavy atom. The maximum atomic E-state index is 13.3. The van der Waals surface area contributed by atoms with Crippen molar-refractivity contribution in [1.29, 1.82) is 0 Å². The third-order valence-electron chi connectivity index (χ3n) is 5.76. The highest BCUT2D eigenvalue weighted by molar-refractivity contribution is 5.93. The van der Waals surface area contributed by atoms with Gasteiger partial charge in [0.15, 0.2) is 0 Å². The topological polar surface area (TPSA) is 159 Å². The van der Waals surface area contributed by atoms with Crippen LogP contribution in [0.1, 0.15) is 45.4 Å². The molecule has 6 N–H and O–H groups in total. The SMILES string of the molecule is CC(C)C[C@H](NC(=O)[C@H](Cc1cnc[nH]1)NC(=O)[C@@H](N)C(C)C)C(=O)N[C@H](C=O)Cc1ccccc1. The van der Waals surface area contributed by atoms with E-state index in [-0.39, 0.29) is 18.3 Å². The van der Waals surface area contributed by atoms with Gasteiger partial charge in [-0.2, -0.15) is 0 Å². The first-order valence-corrected chi connectivity index (χ1v) is 12.2. The summed E-state index contributed by atoms with van der Waals surface area (Å²) < 4.78 is 0. The lowest BCUT2D eigenvalue weighted by molar-refractivity contribution is -0.133. The third-order valence-corrected chi connectivity index (χ3v) is 5.76. The molecule has 10 heteroatoms. The van der Waals surface area contributed by atoms with E-state index in [0.29, 0.717) is 24.8 Å². The number of H-pyrrole nitrogens is 1. The highest BCUT2D eigenvalue weighted by atomic mass is 16.2. The number of aromatic amines is 1. The van der Waals surface area contributed by atoms with Crippen molar-refractivity contribution in [3.8, 4) is 0 Å². The van der Waals surface area contributed by atoms with Crippen LogP contribution in [-0.4, -0.2) is 58.1 Å². The van der Waals surface area contributed by atoms with Crippen molar-refractivity contribution in [2.45, 2.75) is 71.1 Å². The largest absolute Gasteiger partial charge is 0.348 e. The summed E-state index contributed by atoms with van der Waals surface area (Å²) in [6.07, 6.45) is 4.56. The van der Waals surface area contributed by atoms with E-state index in [1.807, 2.05) is 58.0 Å². The highest BCUT2D eigenvalue weighted by Gasteiger charge is 2.30. The summed E-state index contributed by atoms with van der Waals surface area (Å²) in [5.41, 5.74) is 7.52. The van der Waals surface area contributed by atoms with Crippen molar-refractivity contribution >= 4 is 24.0 Å². The molecule has 1 aromatic heterocycles. The number of rotatable bonds is 14. The average Bonchev–Trinajstić information content (AvgIpc) is 3.35. The molecule has 196 valence electrons. The summed E-state index contributed by atoms with van der Waals surface area (Å²) in [7, 11) is 0. The van der Waals surface area contributed by atoms with Gasteiger partial charge in [-0.1, -0.05) is 58.0 Å². The number of hydrogen-bond acceptors (Lipinski definition) is 6. The second kappa shape index (κ2) is 14.1. The first-order chi connectivity index (χ1) is 17.1. The van der Waals surface area contributed by atoms with Gasteiger partial charge in [0.05, 0.1) is 18.4 Å². The van der Waals surface area contributed by atoms with Gasteiger partial charge in [0.2, 0.25) is 17.7 Å². The van der Waals surface area contributed by atoms with Gasteiger partial charge in [0.25, 0.3) is 0 Å². The average molecular weight is 499 g/mol. The van der Waals surface area contributed by atoms with Crippen LogP contribution in [0.4, 0.5) is 0 Å². The predicted molar refractivity (Wildman–Crippen MR) is 137 cm³/mol. The van der Waals surface area contributed by atoms with Gasteiger partial charge >= 0.3 is 0 Å². The fourth-order valence-corrected chi connectivity index (χ4v) is 3.66. The number of carbonyl (C=O) groups excluding carboxylic acids is 4. The number of aldehydes is 1. The Bertz CT molecular complexity index is 978. The van der Waals surface area contributed by atoms with Gasteiger partial charge in [0, 0.05) is 18.3 Å². The number of aromatic nitrogens is 2. The molecule has 0 bridgehead atoms. The molecule has 36 heavy (non-hydrogen) atoms. The Morgan fingerprint density at radius 1 is 0.944 bits per heavy atom. The Labute approximate surface area is 212 Å². The minimum absolute atomic E-state index is 0.0832. The van der Waals surface area contributed by atoms with Crippen LogP contribution in [0.3, 0.4) is 0 Å². The van der Waals surface area contributed by atoms with Crippen molar-refractivity contribution in [2.24, 2.45) is 17.6 Å². The molecular formula is C26H38N6O4. The van der Waals surface area contributed by atoms with Crippen LogP contribution in [0, 0.1) is 11.8 Å². The van der Waals surface area contributed by atoms with Crippen LogP contribution in [0.25, 0.3) is 0 Å². The molecular weight excluding hydrogens is 460 g/mol. The standard InChI is InChI=1S/C26H38N6O4/c1-16(2)10-21(24(34)30-20(14-33)11-18-8-6-5-7-9-18)31-25(35)22(12-19-13-28-15-29-19)32-26(36)23(27)17(3)4/h5-9,13-17,20-23H,10-12,27H2,1-4H3,(H,28,29)(H,30,34)(H,31,35)(H,32,36)/t20-,21-,22-,23-/m0/s1. The lowest BCUT2D eigenvalue weighted by atomic mass is 10.0. The molecule has 0 unspecified atom stereocenters. The zero-order valence-corrected chi connectivity index (χ0v) is 21.4. The molecule has 0 aliphatic rings. The Hall–Kier alpha value is -3.53. The second-order valence-electron chi connectivity index (χ2n) is 9.74. The molecule has 0 aliphatic carbocycles. The zero-order valence-electron chi connectivity index (χ0n) is 21.4. The second-order valence-corrected chi connectivity index (χ2v) is 9.74. The van der Waals surface area contributed by atoms with Gasteiger partial charge in [-0.3, -0.25) is 14.4 Å². The number of nitrogens with zero attached hydrogens (tertiary/aromatic N) is 1. The molecule has 0 radical (unpaired) electrons. The van der Waals surface area contributed by atoms with Crippen LogP contribution < -0.4 is 21.7 Å². The van der Waals surface area contributed by atoms with E-state index in [1.165, 1.54) is 6.33 Å². The Balaban J connectivity index is 2.15. The molecule has 0 saturated carbocycles. The lowest BCUT2D eigenvalue weighted by Gasteiger charge is -2.26. The fraction of sp³-hybridized carbons (Fsp3) is 0.500. The van der Waals surface area contributed by atoms with E-state index in [4.69, 9.17) is 5.73 Å². The van der Waals surface area contributed by atoms with Crippen LogP contribution in [-0.2, 0) is 32.0 Å². The molecule has 2 aromatic rings. The van der Waals surface area contributed by atoms with Crippen LogP contribution >= 0.6 is 0 Å². The van der Waals surface area contributed by atoms with Gasteiger partial charge in [0.1, 0.15) is 18.4 Å². The van der Waals surface area contributed by atoms with E-state index in [1.54, 1.807) is 6.20 Å². The number of nitrogens with two attached hydrogens (primary N) is 1. The first kappa shape index (κ1) is 28.7. The van der Waals surface area contributed by atoms with Gasteiger partial charge in [-0.15, -0.1) is 0 Å². The summed E-state index contributed by atoms with van der Waals surface area (Å²) in [6, 6.07) is 5.95. The Morgan fingerprint density at radius 2 is 1.58 bits per heavy atom. The predicted octanol–water partition coefficient (Wildman–Crippen LogP) is 0.878. The fourth-order valence-electron chi connectivity index (χ4n) is 3.66. The van der Waals surface area contributed by atoms with Crippen LogP contribution in [0.2, 0.25) is 0 Å². The van der Waals surface area contributed by atoms with Crippen molar-refractivity contribution in [3.63, 3.8) is 0 Å². The summed E-state index contributed by atoms with van der Waals surface area (Å²) >= 11 is 0. The van der Waals surface area contributed by atoms with Gasteiger partial charge in [-0.25, -0.2) is 4.98 Å². The summed E-state index contributed by atoms with van der Waals surface area (Å²) in [6.45, 7) is 7.49. The zero-order chi connectivity index (χ0) is 26.7. The number of imidazole rings is 1. The van der Waals surface area contributed by atoms with E-state index < -0.39 is 41.9 Å². The maximum absolute atomic E-state index is 13.3. The smallest absolute Gasteiger partial charge is 0.243 e. The summed E-state index contributed by atoms with van der Waals surface area (Å²) in [5.74, 6) is -1.49. The molecule has 4 atom stereocenters. The van der Waals surface area contributed by atoms with E-state index in [0.717, 1.165) is 5.56 Å². The van der Waals surface area contributed by atoms with Crippen molar-refractivity contribution in [2.75, 3.05) is 0 Å². The molecule has 0 fully saturated rings. The van der Waals surface area contributed by atoms with E-state index >= 15 is 0 Å². The molecule has 1 heterocycles. The van der Waals surface area contributed by atoms with Crippen molar-refractivity contribution in [3.05, 3.63) is 54.1 Å². The molecule has 3 amide bonds. The molecule has 10 nitrogen and oxygen atoms in total. The van der Waals surface area contributed by atoms with Gasteiger partial charge < -0.3 is 31.5 Å². The number of benzene rings is 1. The quantitative estimate of drug-likeness (QED) is 0.243. The lowest BCUT2D eigenvalue weighted by Crippen LogP contribution is -2.58. The normalized spacial score (nSPS) is 14.5. The minimum atomic E-state index is -0.976.